The van der Waals surface area contributed by atoms with E-state index < -0.39 is 11.2 Å². The number of carbonyl (C=O) groups excluding carboxylic acids is 1. The van der Waals surface area contributed by atoms with Crippen molar-refractivity contribution in [1.29, 1.82) is 0 Å². The maximum atomic E-state index is 13.0. The molecule has 0 saturated carbocycles. The summed E-state index contributed by atoms with van der Waals surface area (Å²) in [5, 5.41) is 0.725. The van der Waals surface area contributed by atoms with E-state index in [9.17, 15) is 9.59 Å². The van der Waals surface area contributed by atoms with Crippen LogP contribution in [0.4, 0.5) is 0 Å². The molecule has 0 fully saturated rings. The number of para-hydroxylation sites is 1. The summed E-state index contributed by atoms with van der Waals surface area (Å²) in [6.07, 6.45) is 3.07. The molecule has 0 saturated heterocycles. The second kappa shape index (κ2) is 8.52. The van der Waals surface area contributed by atoms with E-state index in [2.05, 4.69) is 18.8 Å². The van der Waals surface area contributed by atoms with Crippen molar-refractivity contribution in [2.75, 3.05) is 0 Å². The molecule has 0 aliphatic rings. The minimum absolute atomic E-state index is 0.0194. The van der Waals surface area contributed by atoms with Crippen molar-refractivity contribution in [3.8, 4) is 0 Å². The molecule has 1 aromatic heterocycles. The Morgan fingerprint density at radius 1 is 1.20 bits per heavy atom. The van der Waals surface area contributed by atoms with E-state index in [-0.39, 0.29) is 11.6 Å². The number of hydrogen-bond acceptors (Lipinski definition) is 4. The molecule has 2 unspecified atom stereocenters. The van der Waals surface area contributed by atoms with Crippen molar-refractivity contribution in [2.45, 2.75) is 63.4 Å². The highest BCUT2D eigenvalue weighted by molar-refractivity contribution is 8.00. The van der Waals surface area contributed by atoms with E-state index >= 15 is 0 Å². The zero-order chi connectivity index (χ0) is 18.6. The lowest BCUT2D eigenvalue weighted by Gasteiger charge is -2.21. The number of aromatic nitrogens is 2. The highest BCUT2D eigenvalue weighted by atomic mass is 32.2. The molecule has 1 aromatic carbocycles. The number of rotatable bonds is 8. The van der Waals surface area contributed by atoms with Gasteiger partial charge in [-0.05, 0) is 38.3 Å². The van der Waals surface area contributed by atoms with Gasteiger partial charge in [0, 0.05) is 6.04 Å². The van der Waals surface area contributed by atoms with Crippen molar-refractivity contribution in [3.63, 3.8) is 0 Å². The van der Waals surface area contributed by atoms with Gasteiger partial charge < -0.3 is 5.73 Å². The van der Waals surface area contributed by atoms with Crippen molar-refractivity contribution < 1.29 is 4.79 Å². The lowest BCUT2D eigenvalue weighted by atomic mass is 10.0. The number of nitrogens with two attached hydrogens (primary N) is 1. The number of carbonyl (C=O) groups is 1. The molecule has 0 aliphatic carbocycles. The van der Waals surface area contributed by atoms with Crippen LogP contribution in [-0.2, 0) is 4.79 Å². The number of hydrogen-bond donors (Lipinski definition) is 1. The first kappa shape index (κ1) is 19.5. The first-order valence-electron chi connectivity index (χ1n) is 8.78. The smallest absolute Gasteiger partial charge is 0.262 e. The fraction of sp³-hybridized carbons (Fsp3) is 0.526. The van der Waals surface area contributed by atoms with Crippen LogP contribution in [0.25, 0.3) is 10.9 Å². The zero-order valence-electron chi connectivity index (χ0n) is 15.4. The van der Waals surface area contributed by atoms with Crippen molar-refractivity contribution in [3.05, 3.63) is 34.6 Å². The Morgan fingerprint density at radius 2 is 1.88 bits per heavy atom. The predicted molar refractivity (Wildman–Crippen MR) is 104 cm³/mol. The third kappa shape index (κ3) is 4.84. The molecule has 0 aliphatic heterocycles. The van der Waals surface area contributed by atoms with Crippen LogP contribution in [-0.4, -0.2) is 20.7 Å². The van der Waals surface area contributed by atoms with E-state index in [0.29, 0.717) is 22.0 Å². The maximum absolute atomic E-state index is 13.0. The summed E-state index contributed by atoms with van der Waals surface area (Å²) in [6.45, 7) is 8.17. The molecule has 0 bridgehead atoms. The van der Waals surface area contributed by atoms with E-state index in [4.69, 9.17) is 5.73 Å². The second-order valence-electron chi connectivity index (χ2n) is 6.92. The summed E-state index contributed by atoms with van der Waals surface area (Å²) < 4.78 is 1.73. The van der Waals surface area contributed by atoms with Crippen LogP contribution in [0.15, 0.2) is 34.2 Å². The SMILES string of the molecule is CC(C)CCCC(C)n1c(SC(C)C(N)=O)nc2ccccc2c1=O. The molecule has 2 rings (SSSR count). The van der Waals surface area contributed by atoms with Gasteiger partial charge in [0.25, 0.3) is 5.56 Å². The predicted octanol–water partition coefficient (Wildman–Crippen LogP) is 3.75. The monoisotopic (exact) mass is 361 g/mol. The van der Waals surface area contributed by atoms with Gasteiger partial charge in [-0.15, -0.1) is 0 Å². The summed E-state index contributed by atoms with van der Waals surface area (Å²) in [7, 11) is 0. The Hall–Kier alpha value is -1.82. The largest absolute Gasteiger partial charge is 0.369 e. The third-order valence-electron chi connectivity index (χ3n) is 4.30. The van der Waals surface area contributed by atoms with Gasteiger partial charge in [0.1, 0.15) is 0 Å². The molecule has 2 atom stereocenters. The number of thioether (sulfide) groups is 1. The molecular weight excluding hydrogens is 334 g/mol. The minimum atomic E-state index is -0.442. The van der Waals surface area contributed by atoms with Gasteiger partial charge in [-0.2, -0.15) is 0 Å². The lowest BCUT2D eigenvalue weighted by molar-refractivity contribution is -0.117. The van der Waals surface area contributed by atoms with Gasteiger partial charge in [0.2, 0.25) is 5.91 Å². The van der Waals surface area contributed by atoms with E-state index in [1.54, 1.807) is 17.6 Å². The van der Waals surface area contributed by atoms with Crippen LogP contribution in [0.2, 0.25) is 0 Å². The van der Waals surface area contributed by atoms with Gasteiger partial charge in [-0.25, -0.2) is 4.98 Å². The number of amides is 1. The molecule has 5 nitrogen and oxygen atoms in total. The Balaban J connectivity index is 2.44. The lowest BCUT2D eigenvalue weighted by Crippen LogP contribution is -2.29. The summed E-state index contributed by atoms with van der Waals surface area (Å²) in [4.78, 5) is 29.1. The first-order chi connectivity index (χ1) is 11.8. The Kier molecular flexibility index (Phi) is 6.64. The number of primary amides is 1. The van der Waals surface area contributed by atoms with Gasteiger partial charge in [0.15, 0.2) is 5.16 Å². The van der Waals surface area contributed by atoms with E-state index in [1.807, 2.05) is 25.1 Å². The molecule has 0 radical (unpaired) electrons. The van der Waals surface area contributed by atoms with Crippen molar-refractivity contribution in [2.24, 2.45) is 11.7 Å². The van der Waals surface area contributed by atoms with Crippen molar-refractivity contribution >= 4 is 28.6 Å². The van der Waals surface area contributed by atoms with Crippen LogP contribution in [0.5, 0.6) is 0 Å². The molecular formula is C19H27N3O2S. The Labute approximate surface area is 153 Å². The van der Waals surface area contributed by atoms with Crippen LogP contribution >= 0.6 is 11.8 Å². The number of fused-ring (bicyclic) bond motifs is 1. The van der Waals surface area contributed by atoms with Gasteiger partial charge in [-0.3, -0.25) is 14.2 Å². The van der Waals surface area contributed by atoms with Gasteiger partial charge in [0.05, 0.1) is 16.2 Å². The molecule has 2 aromatic rings. The molecule has 1 heterocycles. The number of nitrogens with zero attached hydrogens (tertiary/aromatic N) is 2. The first-order valence-corrected chi connectivity index (χ1v) is 9.66. The topological polar surface area (TPSA) is 78.0 Å². The fourth-order valence-electron chi connectivity index (χ4n) is 2.76. The zero-order valence-corrected chi connectivity index (χ0v) is 16.2. The average Bonchev–Trinajstić information content (AvgIpc) is 2.54. The van der Waals surface area contributed by atoms with Gasteiger partial charge >= 0.3 is 0 Å². The fourth-order valence-corrected chi connectivity index (χ4v) is 3.72. The molecule has 2 N–H and O–H groups in total. The van der Waals surface area contributed by atoms with E-state index in [0.717, 1.165) is 19.3 Å². The molecule has 0 spiro atoms. The molecule has 25 heavy (non-hydrogen) atoms. The van der Waals surface area contributed by atoms with E-state index in [1.165, 1.54) is 11.8 Å². The van der Waals surface area contributed by atoms with Gasteiger partial charge in [-0.1, -0.05) is 50.6 Å². The second-order valence-corrected chi connectivity index (χ2v) is 8.23. The molecule has 1 amide bonds. The summed E-state index contributed by atoms with van der Waals surface area (Å²) >= 11 is 1.25. The highest BCUT2D eigenvalue weighted by Crippen LogP contribution is 2.26. The Bertz CT molecular complexity index is 801. The highest BCUT2D eigenvalue weighted by Gasteiger charge is 2.20. The quantitative estimate of drug-likeness (QED) is 0.574. The number of benzene rings is 1. The maximum Gasteiger partial charge on any atom is 0.262 e. The minimum Gasteiger partial charge on any atom is -0.369 e. The van der Waals surface area contributed by atoms with Crippen molar-refractivity contribution in [1.82, 2.24) is 9.55 Å². The van der Waals surface area contributed by atoms with Crippen LogP contribution in [0, 0.1) is 5.92 Å². The summed E-state index contributed by atoms with van der Waals surface area (Å²) in [6, 6.07) is 7.35. The van der Waals surface area contributed by atoms with Crippen LogP contribution < -0.4 is 11.3 Å². The normalized spacial score (nSPS) is 14.0. The van der Waals surface area contributed by atoms with Crippen LogP contribution in [0.1, 0.15) is 53.0 Å². The third-order valence-corrected chi connectivity index (χ3v) is 5.39. The Morgan fingerprint density at radius 3 is 2.52 bits per heavy atom. The summed E-state index contributed by atoms with van der Waals surface area (Å²) in [5.74, 6) is 0.230. The standard InChI is InChI=1S/C19H27N3O2S/c1-12(2)8-7-9-13(3)22-18(24)15-10-5-6-11-16(15)21-19(22)25-14(4)17(20)23/h5-6,10-14H,7-9H2,1-4H3,(H2,20,23). The average molecular weight is 362 g/mol. The molecule has 136 valence electrons. The molecule has 6 heteroatoms. The summed E-state index contributed by atoms with van der Waals surface area (Å²) in [5.41, 5.74) is 6.00. The van der Waals surface area contributed by atoms with Crippen LogP contribution in [0.3, 0.4) is 0 Å².